The molecule has 0 radical (unpaired) electrons. The fourth-order valence-electron chi connectivity index (χ4n) is 2.93. The Morgan fingerprint density at radius 3 is 2.36 bits per heavy atom. The Morgan fingerprint density at radius 1 is 1.12 bits per heavy atom. The zero-order chi connectivity index (χ0) is 18.5. The molecular formula is C20H34N2O3. The van der Waals surface area contributed by atoms with E-state index in [1.807, 2.05) is 12.1 Å². The minimum absolute atomic E-state index is 0.284. The molecule has 5 nitrogen and oxygen atoms in total. The number of carbonyl (C=O) groups is 1. The first kappa shape index (κ1) is 21.6. The first-order chi connectivity index (χ1) is 12.1. The summed E-state index contributed by atoms with van der Waals surface area (Å²) in [7, 11) is 0. The van der Waals surface area contributed by atoms with Crippen LogP contribution < -0.4 is 5.32 Å². The summed E-state index contributed by atoms with van der Waals surface area (Å²) in [5.41, 5.74) is 1.44. The Bertz CT molecular complexity index is 494. The van der Waals surface area contributed by atoms with E-state index in [2.05, 4.69) is 17.2 Å². The summed E-state index contributed by atoms with van der Waals surface area (Å²) in [5.74, 6) is -0.284. The van der Waals surface area contributed by atoms with E-state index >= 15 is 0 Å². The maximum absolute atomic E-state index is 11.1. The number of nitrogens with zero attached hydrogens (tertiary/aromatic N) is 1. The van der Waals surface area contributed by atoms with Gasteiger partial charge in [0.2, 0.25) is 5.91 Å². The molecule has 25 heavy (non-hydrogen) atoms. The van der Waals surface area contributed by atoms with E-state index in [1.165, 1.54) is 51.9 Å². The van der Waals surface area contributed by atoms with Crippen LogP contribution in [-0.4, -0.2) is 33.8 Å². The fraction of sp³-hybridized carbons (Fsp3) is 0.700. The molecule has 142 valence electrons. The number of hydrogen-bond acceptors (Lipinski definition) is 4. The Morgan fingerprint density at radius 2 is 1.76 bits per heavy atom. The highest BCUT2D eigenvalue weighted by molar-refractivity contribution is 5.73. The van der Waals surface area contributed by atoms with Crippen LogP contribution in [0.1, 0.15) is 82.7 Å². The Balaban J connectivity index is 2.40. The van der Waals surface area contributed by atoms with Crippen LogP contribution >= 0.6 is 0 Å². The van der Waals surface area contributed by atoms with Crippen LogP contribution in [0.15, 0.2) is 18.2 Å². The molecule has 1 heterocycles. The molecule has 3 N–H and O–H groups in total. The number of amides is 1. The molecule has 0 aliphatic heterocycles. The van der Waals surface area contributed by atoms with E-state index < -0.39 is 12.1 Å². The van der Waals surface area contributed by atoms with E-state index in [4.69, 9.17) is 0 Å². The second-order valence-corrected chi connectivity index (χ2v) is 6.71. The zero-order valence-electron chi connectivity index (χ0n) is 15.7. The normalized spacial score (nSPS) is 13.4. The van der Waals surface area contributed by atoms with Gasteiger partial charge in [-0.15, -0.1) is 0 Å². The number of aliphatic hydroxyl groups excluding tert-OH is 2. The molecule has 0 aliphatic carbocycles. The lowest BCUT2D eigenvalue weighted by Gasteiger charge is -2.21. The van der Waals surface area contributed by atoms with Gasteiger partial charge in [-0.05, 0) is 25.0 Å². The molecular weight excluding hydrogens is 316 g/mol. The van der Waals surface area contributed by atoms with Crippen molar-refractivity contribution in [3.8, 4) is 0 Å². The summed E-state index contributed by atoms with van der Waals surface area (Å²) in [6.45, 7) is 3.27. The van der Waals surface area contributed by atoms with Gasteiger partial charge >= 0.3 is 0 Å². The highest BCUT2D eigenvalue weighted by atomic mass is 16.3. The largest absolute Gasteiger partial charge is 0.394 e. The van der Waals surface area contributed by atoms with Crippen molar-refractivity contribution in [2.75, 3.05) is 6.61 Å². The van der Waals surface area contributed by atoms with Gasteiger partial charge in [-0.3, -0.25) is 9.78 Å². The van der Waals surface area contributed by atoms with Gasteiger partial charge in [0.05, 0.1) is 18.3 Å². The Kier molecular flexibility index (Phi) is 11.1. The number of aromatic nitrogens is 1. The Hall–Kier alpha value is -1.46. The topological polar surface area (TPSA) is 82.5 Å². The van der Waals surface area contributed by atoms with Gasteiger partial charge in [-0.1, -0.05) is 57.9 Å². The number of pyridine rings is 1. The molecule has 0 spiro atoms. The lowest BCUT2D eigenvalue weighted by atomic mass is 10.0. The van der Waals surface area contributed by atoms with E-state index in [-0.39, 0.29) is 12.5 Å². The van der Waals surface area contributed by atoms with E-state index in [0.29, 0.717) is 5.69 Å². The molecule has 1 amide bonds. The molecule has 1 aromatic rings. The number of aliphatic hydroxyl groups is 2. The van der Waals surface area contributed by atoms with Crippen LogP contribution in [0.2, 0.25) is 0 Å². The van der Waals surface area contributed by atoms with Crippen molar-refractivity contribution in [3.63, 3.8) is 0 Å². The summed E-state index contributed by atoms with van der Waals surface area (Å²) in [4.78, 5) is 15.6. The molecule has 2 atom stereocenters. The standard InChI is InChI=1S/C20H34N2O3/c1-3-4-5-6-7-8-9-10-12-17-13-11-14-18(22-17)20(25)19(15-23)21-16(2)24/h11,13-14,19-20,23,25H,3-10,12,15H2,1-2H3,(H,21,24). The van der Waals surface area contributed by atoms with Crippen LogP contribution in [0, 0.1) is 0 Å². The third kappa shape index (κ3) is 8.98. The molecule has 0 saturated carbocycles. The molecule has 5 heteroatoms. The van der Waals surface area contributed by atoms with Gasteiger partial charge in [-0.25, -0.2) is 0 Å². The van der Waals surface area contributed by atoms with Crippen molar-refractivity contribution in [3.05, 3.63) is 29.6 Å². The van der Waals surface area contributed by atoms with Crippen LogP contribution in [0.4, 0.5) is 0 Å². The molecule has 2 unspecified atom stereocenters. The third-order valence-corrected chi connectivity index (χ3v) is 4.38. The van der Waals surface area contributed by atoms with Gasteiger partial charge in [0.25, 0.3) is 0 Å². The van der Waals surface area contributed by atoms with Gasteiger partial charge in [0, 0.05) is 12.6 Å². The van der Waals surface area contributed by atoms with Crippen molar-refractivity contribution in [1.29, 1.82) is 0 Å². The van der Waals surface area contributed by atoms with Gasteiger partial charge < -0.3 is 15.5 Å². The second kappa shape index (κ2) is 12.8. The van der Waals surface area contributed by atoms with Crippen molar-refractivity contribution < 1.29 is 15.0 Å². The van der Waals surface area contributed by atoms with Crippen molar-refractivity contribution in [1.82, 2.24) is 10.3 Å². The third-order valence-electron chi connectivity index (χ3n) is 4.38. The van der Waals surface area contributed by atoms with Crippen LogP contribution in [0.25, 0.3) is 0 Å². The lowest BCUT2D eigenvalue weighted by Crippen LogP contribution is -2.41. The number of carbonyl (C=O) groups excluding carboxylic acids is 1. The smallest absolute Gasteiger partial charge is 0.217 e. The maximum Gasteiger partial charge on any atom is 0.217 e. The monoisotopic (exact) mass is 350 g/mol. The second-order valence-electron chi connectivity index (χ2n) is 6.71. The summed E-state index contributed by atoms with van der Waals surface area (Å²) in [5, 5.41) is 22.2. The minimum Gasteiger partial charge on any atom is -0.394 e. The molecule has 0 bridgehead atoms. The van der Waals surface area contributed by atoms with Crippen molar-refractivity contribution in [2.24, 2.45) is 0 Å². The predicted octanol–water partition coefficient (Wildman–Crippen LogP) is 3.30. The maximum atomic E-state index is 11.1. The van der Waals surface area contributed by atoms with Gasteiger partial charge in [0.1, 0.15) is 6.10 Å². The first-order valence-corrected chi connectivity index (χ1v) is 9.60. The SMILES string of the molecule is CCCCCCCCCCc1cccc(C(O)C(CO)NC(C)=O)n1. The minimum atomic E-state index is -1.01. The van der Waals surface area contributed by atoms with Crippen molar-refractivity contribution >= 4 is 5.91 Å². The number of aryl methyl sites for hydroxylation is 1. The van der Waals surface area contributed by atoms with Crippen LogP contribution in [0.5, 0.6) is 0 Å². The average Bonchev–Trinajstić information content (AvgIpc) is 2.61. The van der Waals surface area contributed by atoms with E-state index in [0.717, 1.165) is 18.5 Å². The number of hydrogen-bond donors (Lipinski definition) is 3. The zero-order valence-corrected chi connectivity index (χ0v) is 15.7. The van der Waals surface area contributed by atoms with Crippen LogP contribution in [0.3, 0.4) is 0 Å². The lowest BCUT2D eigenvalue weighted by molar-refractivity contribution is -0.121. The summed E-state index contributed by atoms with van der Waals surface area (Å²) in [6, 6.07) is 4.83. The first-order valence-electron chi connectivity index (χ1n) is 9.60. The Labute approximate surface area is 151 Å². The highest BCUT2D eigenvalue weighted by Crippen LogP contribution is 2.16. The summed E-state index contributed by atoms with van der Waals surface area (Å²) >= 11 is 0. The van der Waals surface area contributed by atoms with Crippen molar-refractivity contribution in [2.45, 2.75) is 83.8 Å². The average molecular weight is 351 g/mol. The fourth-order valence-corrected chi connectivity index (χ4v) is 2.93. The van der Waals surface area contributed by atoms with E-state index in [1.54, 1.807) is 6.07 Å². The molecule has 0 aromatic carbocycles. The van der Waals surface area contributed by atoms with Crippen LogP contribution in [-0.2, 0) is 11.2 Å². The van der Waals surface area contributed by atoms with Gasteiger partial charge in [-0.2, -0.15) is 0 Å². The van der Waals surface area contributed by atoms with Gasteiger partial charge in [0.15, 0.2) is 0 Å². The molecule has 0 aliphatic rings. The predicted molar refractivity (Wildman–Crippen MR) is 100 cm³/mol. The number of unbranched alkanes of at least 4 members (excludes halogenated alkanes) is 7. The number of nitrogens with one attached hydrogen (secondary N) is 1. The summed E-state index contributed by atoms with van der Waals surface area (Å²) < 4.78 is 0. The highest BCUT2D eigenvalue weighted by Gasteiger charge is 2.22. The van der Waals surface area contributed by atoms with E-state index in [9.17, 15) is 15.0 Å². The molecule has 1 rings (SSSR count). The summed E-state index contributed by atoms with van der Waals surface area (Å²) in [6.07, 6.45) is 10.0. The molecule has 1 aromatic heterocycles. The molecule has 0 fully saturated rings. The number of rotatable bonds is 13. The quantitative estimate of drug-likeness (QED) is 0.477. The molecule has 0 saturated heterocycles.